The van der Waals surface area contributed by atoms with Gasteiger partial charge < -0.3 is 5.32 Å². The van der Waals surface area contributed by atoms with E-state index >= 15 is 0 Å². The zero-order valence-electron chi connectivity index (χ0n) is 12.1. The summed E-state index contributed by atoms with van der Waals surface area (Å²) in [6.45, 7) is 2.59. The molecule has 1 amide bonds. The van der Waals surface area contributed by atoms with Gasteiger partial charge in [-0.25, -0.2) is 14.3 Å². The Bertz CT molecular complexity index is 698. The number of rotatable bonds is 7. The molecule has 0 atom stereocenters. The average molecular weight is 324 g/mol. The highest BCUT2D eigenvalue weighted by molar-refractivity contribution is 7.99. The minimum atomic E-state index is -0.486. The van der Waals surface area contributed by atoms with Gasteiger partial charge in [-0.1, -0.05) is 37.2 Å². The van der Waals surface area contributed by atoms with Gasteiger partial charge >= 0.3 is 5.69 Å². The van der Waals surface area contributed by atoms with Gasteiger partial charge in [-0.05, 0) is 18.6 Å². The smallest absolute Gasteiger partial charge is 0.323 e. The fraction of sp³-hybridized carbons (Fsp3) is 0.357. The van der Waals surface area contributed by atoms with Gasteiger partial charge in [0.25, 0.3) is 0 Å². The third kappa shape index (κ3) is 4.20. The number of thioether (sulfide) groups is 1. The summed E-state index contributed by atoms with van der Waals surface area (Å²) < 4.78 is 14.9. The molecule has 6 nitrogen and oxygen atoms in total. The summed E-state index contributed by atoms with van der Waals surface area (Å²) in [5.41, 5.74) is -0.149. The molecule has 0 spiro atoms. The van der Waals surface area contributed by atoms with Crippen molar-refractivity contribution in [2.75, 3.05) is 11.1 Å². The molecule has 8 heteroatoms. The molecule has 0 bridgehead atoms. The minimum absolute atomic E-state index is 0.0464. The number of nitrogens with one attached hydrogen (secondary N) is 2. The van der Waals surface area contributed by atoms with E-state index in [1.807, 2.05) is 6.92 Å². The van der Waals surface area contributed by atoms with Crippen LogP contribution in [0.2, 0.25) is 0 Å². The van der Waals surface area contributed by atoms with Gasteiger partial charge in [0, 0.05) is 6.54 Å². The Morgan fingerprint density at radius 2 is 2.23 bits per heavy atom. The monoisotopic (exact) mass is 324 g/mol. The van der Waals surface area contributed by atoms with Crippen LogP contribution in [-0.4, -0.2) is 26.4 Å². The second kappa shape index (κ2) is 7.79. The first-order chi connectivity index (χ1) is 10.6. The number of aromatic nitrogens is 3. The second-order valence-electron chi connectivity index (χ2n) is 4.63. The average Bonchev–Trinajstić information content (AvgIpc) is 2.86. The number of carbonyl (C=O) groups is 1. The van der Waals surface area contributed by atoms with Crippen molar-refractivity contribution < 1.29 is 9.18 Å². The molecule has 1 aromatic carbocycles. The first kappa shape index (κ1) is 16.3. The van der Waals surface area contributed by atoms with Crippen molar-refractivity contribution in [3.8, 4) is 0 Å². The van der Waals surface area contributed by atoms with Crippen molar-refractivity contribution in [1.82, 2.24) is 14.8 Å². The zero-order valence-corrected chi connectivity index (χ0v) is 13.0. The number of halogens is 1. The van der Waals surface area contributed by atoms with Crippen molar-refractivity contribution in [1.29, 1.82) is 0 Å². The number of para-hydroxylation sites is 1. The third-order valence-corrected chi connectivity index (χ3v) is 3.92. The molecule has 22 heavy (non-hydrogen) atoms. The van der Waals surface area contributed by atoms with E-state index in [0.717, 1.165) is 24.6 Å². The van der Waals surface area contributed by atoms with Gasteiger partial charge in [-0.15, -0.1) is 5.10 Å². The van der Waals surface area contributed by atoms with Crippen LogP contribution in [0, 0.1) is 5.82 Å². The number of H-pyrrole nitrogens is 1. The molecular weight excluding hydrogens is 307 g/mol. The Balaban J connectivity index is 1.94. The molecule has 0 saturated carbocycles. The van der Waals surface area contributed by atoms with Crippen LogP contribution in [0.5, 0.6) is 0 Å². The molecule has 0 unspecified atom stereocenters. The lowest BCUT2D eigenvalue weighted by Gasteiger charge is -2.06. The predicted molar refractivity (Wildman–Crippen MR) is 83.5 cm³/mol. The fourth-order valence-electron chi connectivity index (χ4n) is 1.81. The van der Waals surface area contributed by atoms with Gasteiger partial charge in [0.05, 0.1) is 11.4 Å². The number of unbranched alkanes of at least 4 members (excludes halogenated alkanes) is 1. The van der Waals surface area contributed by atoms with Crippen LogP contribution >= 0.6 is 11.8 Å². The lowest BCUT2D eigenvalue weighted by atomic mass is 10.3. The van der Waals surface area contributed by atoms with E-state index in [0.29, 0.717) is 11.7 Å². The predicted octanol–water partition coefficient (Wildman–Crippen LogP) is 2.24. The number of nitrogens with zero attached hydrogens (tertiary/aromatic N) is 2. The standard InChI is InChI=1S/C14H17FN4O2S/c1-2-3-8-19-13(21)17-18-14(19)22-9-12(20)16-11-7-5-4-6-10(11)15/h4-7H,2-3,8-9H2,1H3,(H,16,20)(H,17,21). The Morgan fingerprint density at radius 3 is 2.95 bits per heavy atom. The van der Waals surface area contributed by atoms with Gasteiger partial charge in [0.1, 0.15) is 5.82 Å². The van der Waals surface area contributed by atoms with E-state index in [4.69, 9.17) is 0 Å². The third-order valence-electron chi connectivity index (χ3n) is 2.94. The molecule has 0 saturated heterocycles. The molecule has 0 fully saturated rings. The molecule has 2 rings (SSSR count). The fourth-order valence-corrected chi connectivity index (χ4v) is 2.58. The highest BCUT2D eigenvalue weighted by Gasteiger charge is 2.12. The number of hydrogen-bond acceptors (Lipinski definition) is 4. The second-order valence-corrected chi connectivity index (χ2v) is 5.58. The van der Waals surface area contributed by atoms with Crippen LogP contribution in [-0.2, 0) is 11.3 Å². The van der Waals surface area contributed by atoms with Crippen molar-refractivity contribution in [2.24, 2.45) is 0 Å². The SMILES string of the molecule is CCCCn1c(SCC(=O)Nc2ccccc2F)n[nH]c1=O. The van der Waals surface area contributed by atoms with Gasteiger partial charge in [-0.2, -0.15) is 0 Å². The number of amides is 1. The summed E-state index contributed by atoms with van der Waals surface area (Å²) in [6, 6.07) is 5.96. The largest absolute Gasteiger partial charge is 0.343 e. The summed E-state index contributed by atoms with van der Waals surface area (Å²) in [7, 11) is 0. The summed E-state index contributed by atoms with van der Waals surface area (Å²) >= 11 is 1.14. The van der Waals surface area contributed by atoms with E-state index < -0.39 is 5.82 Å². The van der Waals surface area contributed by atoms with Crippen molar-refractivity contribution >= 4 is 23.4 Å². The minimum Gasteiger partial charge on any atom is -0.323 e. The molecule has 2 N–H and O–H groups in total. The molecular formula is C14H17FN4O2S. The van der Waals surface area contributed by atoms with E-state index in [2.05, 4.69) is 15.5 Å². The maximum Gasteiger partial charge on any atom is 0.343 e. The summed E-state index contributed by atoms with van der Waals surface area (Å²) in [4.78, 5) is 23.5. The number of aromatic amines is 1. The quantitative estimate of drug-likeness (QED) is 0.766. The van der Waals surface area contributed by atoms with Crippen LogP contribution in [0.1, 0.15) is 19.8 Å². The van der Waals surface area contributed by atoms with Gasteiger partial charge in [0.15, 0.2) is 5.16 Å². The molecule has 1 heterocycles. The van der Waals surface area contributed by atoms with Crippen molar-refractivity contribution in [3.05, 3.63) is 40.6 Å². The van der Waals surface area contributed by atoms with Crippen LogP contribution < -0.4 is 11.0 Å². The maximum atomic E-state index is 13.4. The van der Waals surface area contributed by atoms with E-state index in [1.54, 1.807) is 12.1 Å². The highest BCUT2D eigenvalue weighted by atomic mass is 32.2. The maximum absolute atomic E-state index is 13.4. The Kier molecular flexibility index (Phi) is 5.76. The lowest BCUT2D eigenvalue weighted by molar-refractivity contribution is -0.113. The van der Waals surface area contributed by atoms with Crippen LogP contribution in [0.15, 0.2) is 34.2 Å². The molecule has 0 aliphatic carbocycles. The topological polar surface area (TPSA) is 79.8 Å². The number of carbonyl (C=O) groups excluding carboxylic acids is 1. The summed E-state index contributed by atoms with van der Waals surface area (Å²) in [5.74, 6) is -0.793. The molecule has 0 radical (unpaired) electrons. The summed E-state index contributed by atoms with van der Waals surface area (Å²) in [5, 5.41) is 9.22. The zero-order chi connectivity index (χ0) is 15.9. The Hall–Kier alpha value is -2.09. The molecule has 0 aliphatic rings. The lowest BCUT2D eigenvalue weighted by Crippen LogP contribution is -2.19. The molecule has 118 valence electrons. The van der Waals surface area contributed by atoms with Crippen LogP contribution in [0.25, 0.3) is 0 Å². The van der Waals surface area contributed by atoms with E-state index in [1.165, 1.54) is 16.7 Å². The molecule has 2 aromatic rings. The van der Waals surface area contributed by atoms with Gasteiger partial charge in [-0.3, -0.25) is 9.36 Å². The van der Waals surface area contributed by atoms with Crippen molar-refractivity contribution in [3.63, 3.8) is 0 Å². The van der Waals surface area contributed by atoms with Crippen LogP contribution in [0.3, 0.4) is 0 Å². The number of hydrogen-bond donors (Lipinski definition) is 2. The molecule has 1 aromatic heterocycles. The number of benzene rings is 1. The van der Waals surface area contributed by atoms with Gasteiger partial charge in [0.2, 0.25) is 5.91 Å². The first-order valence-corrected chi connectivity index (χ1v) is 7.92. The molecule has 0 aliphatic heterocycles. The van der Waals surface area contributed by atoms with Crippen molar-refractivity contribution in [2.45, 2.75) is 31.5 Å². The normalized spacial score (nSPS) is 10.6. The van der Waals surface area contributed by atoms with E-state index in [9.17, 15) is 14.0 Å². The summed E-state index contributed by atoms with van der Waals surface area (Å²) in [6.07, 6.45) is 1.81. The number of anilines is 1. The highest BCUT2D eigenvalue weighted by Crippen LogP contribution is 2.16. The van der Waals surface area contributed by atoms with Crippen LogP contribution in [0.4, 0.5) is 10.1 Å². The first-order valence-electron chi connectivity index (χ1n) is 6.94. The van der Waals surface area contributed by atoms with E-state index in [-0.39, 0.29) is 23.0 Å². The Labute approximate surface area is 131 Å². The Morgan fingerprint density at radius 1 is 1.45 bits per heavy atom.